The van der Waals surface area contributed by atoms with E-state index in [0.717, 1.165) is 3.57 Å². The van der Waals surface area contributed by atoms with Crippen molar-refractivity contribution in [1.82, 2.24) is 5.32 Å². The minimum atomic E-state index is -0.809. The fourth-order valence-electron chi connectivity index (χ4n) is 1.47. The van der Waals surface area contributed by atoms with Crippen molar-refractivity contribution in [2.75, 3.05) is 6.54 Å². The lowest BCUT2D eigenvalue weighted by Crippen LogP contribution is -2.25. The molecule has 0 spiro atoms. The first-order chi connectivity index (χ1) is 8.91. The van der Waals surface area contributed by atoms with Crippen LogP contribution in [0.1, 0.15) is 30.1 Å². The molecule has 0 saturated heterocycles. The van der Waals surface area contributed by atoms with Crippen molar-refractivity contribution in [3.63, 3.8) is 0 Å². The van der Waals surface area contributed by atoms with Gasteiger partial charge in [0.2, 0.25) is 0 Å². The third kappa shape index (κ3) is 5.36. The highest BCUT2D eigenvalue weighted by molar-refractivity contribution is 14.1. The smallest absolute Gasteiger partial charge is 0.306 e. The maximum Gasteiger partial charge on any atom is 0.306 e. The summed E-state index contributed by atoms with van der Waals surface area (Å²) in [6, 6.07) is 5.12. The van der Waals surface area contributed by atoms with E-state index < -0.39 is 5.97 Å². The average molecular weight is 396 g/mol. The van der Waals surface area contributed by atoms with Gasteiger partial charge in [0, 0.05) is 15.7 Å². The molecule has 0 aliphatic heterocycles. The number of carboxylic acids is 1. The zero-order chi connectivity index (χ0) is 14.4. The lowest BCUT2D eigenvalue weighted by atomic mass is 10.1. The van der Waals surface area contributed by atoms with E-state index in [-0.39, 0.29) is 11.8 Å². The molecule has 2 N–H and O–H groups in total. The van der Waals surface area contributed by atoms with Crippen LogP contribution < -0.4 is 5.32 Å². The molecule has 0 aromatic heterocycles. The minimum Gasteiger partial charge on any atom is -0.481 e. The first-order valence-corrected chi connectivity index (χ1v) is 7.33. The normalized spacial score (nSPS) is 11.9. The third-order valence-corrected chi connectivity index (χ3v) is 4.28. The van der Waals surface area contributed by atoms with Crippen LogP contribution in [0.4, 0.5) is 0 Å². The van der Waals surface area contributed by atoms with Gasteiger partial charge in [0.15, 0.2) is 0 Å². The lowest BCUT2D eigenvalue weighted by Gasteiger charge is -2.08. The molecule has 1 atom stereocenters. The Morgan fingerprint density at radius 2 is 2.16 bits per heavy atom. The van der Waals surface area contributed by atoms with E-state index in [1.165, 1.54) is 0 Å². The van der Waals surface area contributed by atoms with Gasteiger partial charge in [-0.3, -0.25) is 9.59 Å². The molecule has 0 aliphatic carbocycles. The van der Waals surface area contributed by atoms with Gasteiger partial charge in [0.25, 0.3) is 5.91 Å². The largest absolute Gasteiger partial charge is 0.481 e. The molecule has 104 valence electrons. The van der Waals surface area contributed by atoms with E-state index in [9.17, 15) is 9.59 Å². The Bertz CT molecular complexity index is 479. The second kappa shape index (κ2) is 7.69. The van der Waals surface area contributed by atoms with Gasteiger partial charge in [-0.25, -0.2) is 0 Å². The van der Waals surface area contributed by atoms with Crippen molar-refractivity contribution in [2.24, 2.45) is 5.92 Å². The summed E-state index contributed by atoms with van der Waals surface area (Å²) in [7, 11) is 0. The van der Waals surface area contributed by atoms with Crippen molar-refractivity contribution in [3.05, 3.63) is 32.4 Å². The second-order valence-electron chi connectivity index (χ2n) is 4.27. The molecule has 0 radical (unpaired) electrons. The van der Waals surface area contributed by atoms with Gasteiger partial charge in [-0.1, -0.05) is 18.5 Å². The molecule has 0 bridgehead atoms. The van der Waals surface area contributed by atoms with E-state index in [2.05, 4.69) is 27.9 Å². The zero-order valence-electron chi connectivity index (χ0n) is 10.5. The van der Waals surface area contributed by atoms with Gasteiger partial charge in [0.05, 0.1) is 10.9 Å². The molecule has 1 amide bonds. The number of hydrogen-bond acceptors (Lipinski definition) is 2. The van der Waals surface area contributed by atoms with E-state index in [4.69, 9.17) is 16.7 Å². The summed E-state index contributed by atoms with van der Waals surface area (Å²) in [5.74, 6) is -1.39. The standard InChI is InChI=1S/C13H15ClINO3/c1-8(13(18)19)3-2-6-16-12(17)9-4-5-11(15)10(14)7-9/h4-5,7-8H,2-3,6H2,1H3,(H,16,17)(H,18,19). The quantitative estimate of drug-likeness (QED) is 0.574. The number of halogens is 2. The molecular formula is C13H15ClINO3. The monoisotopic (exact) mass is 395 g/mol. The highest BCUT2D eigenvalue weighted by atomic mass is 127. The van der Waals surface area contributed by atoms with Crippen molar-refractivity contribution < 1.29 is 14.7 Å². The molecule has 1 aromatic carbocycles. The molecule has 1 unspecified atom stereocenters. The number of nitrogens with one attached hydrogen (secondary N) is 1. The lowest BCUT2D eigenvalue weighted by molar-refractivity contribution is -0.141. The molecule has 0 heterocycles. The van der Waals surface area contributed by atoms with Gasteiger partial charge in [-0.05, 0) is 53.6 Å². The van der Waals surface area contributed by atoms with Crippen molar-refractivity contribution in [2.45, 2.75) is 19.8 Å². The Morgan fingerprint density at radius 1 is 1.47 bits per heavy atom. The summed E-state index contributed by atoms with van der Waals surface area (Å²) in [4.78, 5) is 22.4. The van der Waals surface area contributed by atoms with Crippen LogP contribution >= 0.6 is 34.2 Å². The molecule has 1 rings (SSSR count). The number of benzene rings is 1. The number of amides is 1. The van der Waals surface area contributed by atoms with Gasteiger partial charge in [-0.2, -0.15) is 0 Å². The number of hydrogen-bond donors (Lipinski definition) is 2. The summed E-state index contributed by atoms with van der Waals surface area (Å²) in [5, 5.41) is 12.0. The summed E-state index contributed by atoms with van der Waals surface area (Å²) in [6.45, 7) is 2.11. The predicted octanol–water partition coefficient (Wildman–Crippen LogP) is 3.18. The molecule has 6 heteroatoms. The van der Waals surface area contributed by atoms with E-state index in [1.54, 1.807) is 25.1 Å². The van der Waals surface area contributed by atoms with E-state index in [1.807, 2.05) is 0 Å². The molecule has 0 saturated carbocycles. The Hall–Kier alpha value is -0.820. The summed E-state index contributed by atoms with van der Waals surface area (Å²) in [5.41, 5.74) is 0.511. The summed E-state index contributed by atoms with van der Waals surface area (Å²) < 4.78 is 0.895. The van der Waals surface area contributed by atoms with Crippen molar-refractivity contribution in [3.8, 4) is 0 Å². The fraction of sp³-hybridized carbons (Fsp3) is 0.385. The summed E-state index contributed by atoms with van der Waals surface area (Å²) in [6.07, 6.45) is 1.18. The van der Waals surface area contributed by atoms with Crippen LogP contribution in [0.2, 0.25) is 5.02 Å². The topological polar surface area (TPSA) is 66.4 Å². The molecule has 1 aromatic rings. The first kappa shape index (κ1) is 16.2. The maximum absolute atomic E-state index is 11.8. The maximum atomic E-state index is 11.8. The van der Waals surface area contributed by atoms with Crippen LogP contribution in [-0.4, -0.2) is 23.5 Å². The number of carbonyl (C=O) groups excluding carboxylic acids is 1. The Kier molecular flexibility index (Phi) is 6.57. The van der Waals surface area contributed by atoms with Gasteiger partial charge in [0.1, 0.15) is 0 Å². The number of rotatable bonds is 6. The van der Waals surface area contributed by atoms with Crippen LogP contribution in [0.5, 0.6) is 0 Å². The number of carboxylic acid groups (broad SMARTS) is 1. The average Bonchev–Trinajstić information content (AvgIpc) is 2.37. The molecule has 0 fully saturated rings. The Balaban J connectivity index is 2.39. The third-order valence-electron chi connectivity index (χ3n) is 2.70. The van der Waals surface area contributed by atoms with Crippen LogP contribution in [0, 0.1) is 9.49 Å². The highest BCUT2D eigenvalue weighted by Gasteiger charge is 2.11. The van der Waals surface area contributed by atoms with E-state index >= 15 is 0 Å². The Labute approximate surface area is 130 Å². The molecule has 0 aliphatic rings. The highest BCUT2D eigenvalue weighted by Crippen LogP contribution is 2.19. The zero-order valence-corrected chi connectivity index (χ0v) is 13.4. The summed E-state index contributed by atoms with van der Waals surface area (Å²) >= 11 is 8.04. The SMILES string of the molecule is CC(CCCNC(=O)c1ccc(I)c(Cl)c1)C(=O)O. The van der Waals surface area contributed by atoms with Gasteiger partial charge < -0.3 is 10.4 Å². The van der Waals surface area contributed by atoms with Gasteiger partial charge in [-0.15, -0.1) is 0 Å². The van der Waals surface area contributed by atoms with Gasteiger partial charge >= 0.3 is 5.97 Å². The van der Waals surface area contributed by atoms with Crippen LogP contribution in [0.25, 0.3) is 0 Å². The van der Waals surface area contributed by atoms with E-state index in [0.29, 0.717) is 30.0 Å². The van der Waals surface area contributed by atoms with Crippen LogP contribution in [0.15, 0.2) is 18.2 Å². The first-order valence-electron chi connectivity index (χ1n) is 5.88. The fourth-order valence-corrected chi connectivity index (χ4v) is 1.99. The number of carbonyl (C=O) groups is 2. The van der Waals surface area contributed by atoms with Crippen LogP contribution in [-0.2, 0) is 4.79 Å². The van der Waals surface area contributed by atoms with Crippen LogP contribution in [0.3, 0.4) is 0 Å². The molecular weight excluding hydrogens is 381 g/mol. The predicted molar refractivity (Wildman–Crippen MR) is 82.5 cm³/mol. The molecule has 4 nitrogen and oxygen atoms in total. The minimum absolute atomic E-state index is 0.193. The number of aliphatic carboxylic acids is 1. The van der Waals surface area contributed by atoms with Crippen molar-refractivity contribution >= 4 is 46.1 Å². The molecule has 19 heavy (non-hydrogen) atoms. The second-order valence-corrected chi connectivity index (χ2v) is 5.84. The Morgan fingerprint density at radius 3 is 2.74 bits per heavy atom. The van der Waals surface area contributed by atoms with Crippen molar-refractivity contribution in [1.29, 1.82) is 0 Å².